The van der Waals surface area contributed by atoms with Crippen molar-refractivity contribution in [3.05, 3.63) is 0 Å². The van der Waals surface area contributed by atoms with E-state index < -0.39 is 11.7 Å². The normalized spacial score (nSPS) is 25.7. The fraction of sp³-hybridized carbons (Fsp3) is 0.818. The van der Waals surface area contributed by atoms with Crippen molar-refractivity contribution >= 4 is 6.09 Å². The summed E-state index contributed by atoms with van der Waals surface area (Å²) in [5.41, 5.74) is -0.481. The molecule has 1 aliphatic rings. The van der Waals surface area contributed by atoms with Gasteiger partial charge in [-0.3, -0.25) is 0 Å². The summed E-state index contributed by atoms with van der Waals surface area (Å²) in [4.78, 5) is 11.4. The lowest BCUT2D eigenvalue weighted by atomic mass is 10.1. The van der Waals surface area contributed by atoms with Crippen LogP contribution in [0.5, 0.6) is 0 Å². The fourth-order valence-corrected chi connectivity index (χ4v) is 1.75. The van der Waals surface area contributed by atoms with E-state index in [9.17, 15) is 4.79 Å². The minimum atomic E-state index is -0.481. The van der Waals surface area contributed by atoms with E-state index in [0.717, 1.165) is 19.3 Å². The van der Waals surface area contributed by atoms with E-state index in [1.807, 2.05) is 20.8 Å². The van der Waals surface area contributed by atoms with Gasteiger partial charge in [-0.15, -0.1) is 0 Å². The van der Waals surface area contributed by atoms with Crippen molar-refractivity contribution in [1.29, 1.82) is 5.26 Å². The van der Waals surface area contributed by atoms with Gasteiger partial charge in [0, 0.05) is 6.04 Å². The van der Waals surface area contributed by atoms with E-state index in [4.69, 9.17) is 10.00 Å². The second-order valence-corrected chi connectivity index (χ2v) is 4.92. The molecule has 84 valence electrons. The van der Waals surface area contributed by atoms with Crippen LogP contribution in [0.4, 0.5) is 4.79 Å². The number of alkyl carbamates (subject to hydrolysis) is 1. The Morgan fingerprint density at radius 3 is 2.67 bits per heavy atom. The van der Waals surface area contributed by atoms with Gasteiger partial charge in [0.2, 0.25) is 0 Å². The molecule has 15 heavy (non-hydrogen) atoms. The van der Waals surface area contributed by atoms with Crippen LogP contribution >= 0.6 is 0 Å². The molecular formula is C11H18N2O2. The topological polar surface area (TPSA) is 62.1 Å². The van der Waals surface area contributed by atoms with Crippen LogP contribution in [0.1, 0.15) is 40.0 Å². The van der Waals surface area contributed by atoms with Crippen molar-refractivity contribution < 1.29 is 9.53 Å². The summed E-state index contributed by atoms with van der Waals surface area (Å²) in [6.45, 7) is 5.47. The molecule has 0 bridgehead atoms. The first-order valence-corrected chi connectivity index (χ1v) is 5.31. The van der Waals surface area contributed by atoms with Gasteiger partial charge in [-0.25, -0.2) is 4.79 Å². The van der Waals surface area contributed by atoms with E-state index in [1.165, 1.54) is 0 Å². The second-order valence-electron chi connectivity index (χ2n) is 4.92. The van der Waals surface area contributed by atoms with Gasteiger partial charge in [0.25, 0.3) is 0 Å². The smallest absolute Gasteiger partial charge is 0.407 e. The molecule has 0 aliphatic heterocycles. The zero-order valence-corrected chi connectivity index (χ0v) is 9.54. The maximum atomic E-state index is 11.4. The Morgan fingerprint density at radius 1 is 1.47 bits per heavy atom. The maximum absolute atomic E-state index is 11.4. The zero-order valence-electron chi connectivity index (χ0n) is 9.54. The molecule has 0 radical (unpaired) electrons. The minimum Gasteiger partial charge on any atom is -0.444 e. The number of rotatable bonds is 1. The van der Waals surface area contributed by atoms with Crippen molar-refractivity contribution in [2.45, 2.75) is 51.7 Å². The van der Waals surface area contributed by atoms with E-state index in [2.05, 4.69) is 11.4 Å². The number of carbonyl (C=O) groups excluding carboxylic acids is 1. The molecule has 1 fully saturated rings. The third-order valence-electron chi connectivity index (χ3n) is 2.38. The highest BCUT2D eigenvalue weighted by molar-refractivity contribution is 5.68. The van der Waals surface area contributed by atoms with Gasteiger partial charge >= 0.3 is 6.09 Å². The third kappa shape index (κ3) is 3.78. The average molecular weight is 210 g/mol. The maximum Gasteiger partial charge on any atom is 0.407 e. The summed E-state index contributed by atoms with van der Waals surface area (Å²) in [6, 6.07) is 2.17. The first kappa shape index (κ1) is 11.8. The van der Waals surface area contributed by atoms with Gasteiger partial charge in [0.15, 0.2) is 0 Å². The second kappa shape index (κ2) is 4.52. The SMILES string of the molecule is CC(C)(C)OC(=O)N[C@@H]1CCC[C@H]1C#N. The Hall–Kier alpha value is -1.24. The Bertz CT molecular complexity index is 275. The Balaban J connectivity index is 2.42. The van der Waals surface area contributed by atoms with Crippen LogP contribution in [0.3, 0.4) is 0 Å². The van der Waals surface area contributed by atoms with E-state index >= 15 is 0 Å². The largest absolute Gasteiger partial charge is 0.444 e. The molecule has 4 nitrogen and oxygen atoms in total. The molecule has 4 heteroatoms. The Kier molecular flexibility index (Phi) is 3.57. The van der Waals surface area contributed by atoms with Crippen molar-refractivity contribution in [3.63, 3.8) is 0 Å². The molecule has 0 aromatic rings. The van der Waals surface area contributed by atoms with Gasteiger partial charge in [-0.1, -0.05) is 0 Å². The van der Waals surface area contributed by atoms with E-state index in [-0.39, 0.29) is 12.0 Å². The van der Waals surface area contributed by atoms with Crippen molar-refractivity contribution in [2.24, 2.45) is 5.92 Å². The number of nitrogens with one attached hydrogen (secondary N) is 1. The zero-order chi connectivity index (χ0) is 11.5. The summed E-state index contributed by atoms with van der Waals surface area (Å²) in [7, 11) is 0. The van der Waals surface area contributed by atoms with Gasteiger partial charge < -0.3 is 10.1 Å². The highest BCUT2D eigenvalue weighted by Gasteiger charge is 2.29. The lowest BCUT2D eigenvalue weighted by Crippen LogP contribution is -2.40. The number of hydrogen-bond acceptors (Lipinski definition) is 3. The highest BCUT2D eigenvalue weighted by atomic mass is 16.6. The Labute approximate surface area is 90.6 Å². The molecule has 0 aromatic heterocycles. The van der Waals surface area contributed by atoms with Gasteiger partial charge in [-0.05, 0) is 40.0 Å². The predicted octanol–water partition coefficient (Wildman–Crippen LogP) is 2.20. The summed E-state index contributed by atoms with van der Waals surface area (Å²) in [6.07, 6.45) is 2.32. The van der Waals surface area contributed by atoms with E-state index in [1.54, 1.807) is 0 Å². The molecule has 1 saturated carbocycles. The van der Waals surface area contributed by atoms with Crippen LogP contribution in [0.2, 0.25) is 0 Å². The van der Waals surface area contributed by atoms with Crippen LogP contribution in [0.25, 0.3) is 0 Å². The van der Waals surface area contributed by atoms with Crippen LogP contribution < -0.4 is 5.32 Å². The van der Waals surface area contributed by atoms with Crippen LogP contribution in [0.15, 0.2) is 0 Å². The number of amides is 1. The summed E-state index contributed by atoms with van der Waals surface area (Å²) in [5, 5.41) is 11.6. The molecule has 1 N–H and O–H groups in total. The molecule has 2 atom stereocenters. The molecule has 0 heterocycles. The van der Waals surface area contributed by atoms with Crippen LogP contribution in [0, 0.1) is 17.2 Å². The molecule has 0 spiro atoms. The standard InChI is InChI=1S/C11H18N2O2/c1-11(2,3)15-10(14)13-9-6-4-5-8(9)7-12/h8-9H,4-6H2,1-3H3,(H,13,14)/t8-,9+/m0/s1. The summed E-state index contributed by atoms with van der Waals surface area (Å²) < 4.78 is 5.13. The number of ether oxygens (including phenoxy) is 1. The van der Waals surface area contributed by atoms with Crippen LogP contribution in [-0.4, -0.2) is 17.7 Å². The monoisotopic (exact) mass is 210 g/mol. The molecule has 0 aromatic carbocycles. The molecule has 1 amide bonds. The van der Waals surface area contributed by atoms with Crippen molar-refractivity contribution in [2.75, 3.05) is 0 Å². The molecule has 1 rings (SSSR count). The lowest BCUT2D eigenvalue weighted by Gasteiger charge is -2.22. The van der Waals surface area contributed by atoms with Crippen molar-refractivity contribution in [1.82, 2.24) is 5.32 Å². The lowest BCUT2D eigenvalue weighted by molar-refractivity contribution is 0.0499. The molecule has 0 saturated heterocycles. The first-order valence-electron chi connectivity index (χ1n) is 5.31. The number of carbonyl (C=O) groups is 1. The van der Waals surface area contributed by atoms with Crippen molar-refractivity contribution in [3.8, 4) is 6.07 Å². The average Bonchev–Trinajstić information content (AvgIpc) is 2.48. The molecule has 0 unspecified atom stereocenters. The quantitative estimate of drug-likeness (QED) is 0.721. The number of nitrogens with zero attached hydrogens (tertiary/aromatic N) is 1. The van der Waals surface area contributed by atoms with Gasteiger partial charge in [-0.2, -0.15) is 5.26 Å². The highest BCUT2D eigenvalue weighted by Crippen LogP contribution is 2.25. The summed E-state index contributed by atoms with van der Waals surface area (Å²) >= 11 is 0. The Morgan fingerprint density at radius 2 is 2.13 bits per heavy atom. The van der Waals surface area contributed by atoms with Gasteiger partial charge in [0.05, 0.1) is 12.0 Å². The van der Waals surface area contributed by atoms with E-state index in [0.29, 0.717) is 0 Å². The fourth-order valence-electron chi connectivity index (χ4n) is 1.75. The number of hydrogen-bond donors (Lipinski definition) is 1. The molecule has 1 aliphatic carbocycles. The van der Waals surface area contributed by atoms with Gasteiger partial charge in [0.1, 0.15) is 5.60 Å². The number of nitriles is 1. The van der Waals surface area contributed by atoms with Crippen LogP contribution in [-0.2, 0) is 4.74 Å². The first-order chi connectivity index (χ1) is 6.92. The molecular weight excluding hydrogens is 192 g/mol. The summed E-state index contributed by atoms with van der Waals surface area (Å²) in [5.74, 6) is -0.0579. The minimum absolute atomic E-state index is 0.0372. The third-order valence-corrected chi connectivity index (χ3v) is 2.38. The predicted molar refractivity (Wildman–Crippen MR) is 56.1 cm³/mol.